The molecular formula is C25H34N2O5. The SMILES string of the molecule is C=C=CC(C)(C(=O)N[C@H](C(=O)N[C@H](C)c1ccccc1)C(C)(C)C)[C@@H]1OC(C)(C)OC1=O. The van der Waals surface area contributed by atoms with E-state index in [1.165, 1.54) is 13.0 Å². The van der Waals surface area contributed by atoms with Gasteiger partial charge in [-0.1, -0.05) is 57.7 Å². The van der Waals surface area contributed by atoms with E-state index in [1.54, 1.807) is 13.8 Å². The summed E-state index contributed by atoms with van der Waals surface area (Å²) < 4.78 is 11.0. The van der Waals surface area contributed by atoms with Gasteiger partial charge in [0.05, 0.1) is 6.04 Å². The molecule has 7 heteroatoms. The maximum absolute atomic E-state index is 13.4. The Morgan fingerprint density at radius 3 is 2.22 bits per heavy atom. The molecule has 0 radical (unpaired) electrons. The Balaban J connectivity index is 2.28. The maximum Gasteiger partial charge on any atom is 0.339 e. The van der Waals surface area contributed by atoms with Crippen LogP contribution in [0.2, 0.25) is 0 Å². The van der Waals surface area contributed by atoms with Gasteiger partial charge in [0, 0.05) is 13.8 Å². The van der Waals surface area contributed by atoms with Gasteiger partial charge in [0.1, 0.15) is 11.5 Å². The Labute approximate surface area is 190 Å². The normalized spacial score (nSPS) is 21.3. The molecule has 7 nitrogen and oxygen atoms in total. The van der Waals surface area contributed by atoms with E-state index in [1.807, 2.05) is 58.0 Å². The van der Waals surface area contributed by atoms with Crippen molar-refractivity contribution in [2.45, 2.75) is 72.4 Å². The van der Waals surface area contributed by atoms with E-state index < -0.39 is 40.6 Å². The third-order valence-corrected chi connectivity index (χ3v) is 5.46. The molecule has 174 valence electrons. The molecule has 0 aromatic heterocycles. The average molecular weight is 443 g/mol. The van der Waals surface area contributed by atoms with Crippen molar-refractivity contribution in [2.24, 2.45) is 10.8 Å². The molecule has 0 aliphatic carbocycles. The fourth-order valence-corrected chi connectivity index (χ4v) is 3.58. The first-order chi connectivity index (χ1) is 14.7. The van der Waals surface area contributed by atoms with E-state index in [0.29, 0.717) is 0 Å². The zero-order valence-electron chi connectivity index (χ0n) is 19.9. The standard InChI is InChI=1S/C25H34N2O5/c1-9-15-25(8,19-21(29)32-24(6,7)31-19)22(30)27-18(23(3,4)5)20(28)26-16(2)17-13-11-10-12-14-17/h10-16,18-19H,1H2,2-8H3,(H,26,28)(H,27,30)/t16-,18-,19-,25?/m1/s1. The lowest BCUT2D eigenvalue weighted by molar-refractivity contribution is -0.164. The third kappa shape index (κ3) is 5.67. The van der Waals surface area contributed by atoms with Crippen LogP contribution in [0.25, 0.3) is 0 Å². The van der Waals surface area contributed by atoms with Gasteiger partial charge in [0.15, 0.2) is 6.10 Å². The third-order valence-electron chi connectivity index (χ3n) is 5.46. The van der Waals surface area contributed by atoms with Gasteiger partial charge in [-0.2, -0.15) is 0 Å². The monoisotopic (exact) mass is 442 g/mol. The molecule has 1 unspecified atom stereocenters. The lowest BCUT2D eigenvalue weighted by Gasteiger charge is -2.35. The summed E-state index contributed by atoms with van der Waals surface area (Å²) in [5.74, 6) is -2.71. The van der Waals surface area contributed by atoms with Crippen molar-refractivity contribution in [1.82, 2.24) is 10.6 Å². The number of carbonyl (C=O) groups excluding carboxylic acids is 3. The molecule has 1 aromatic carbocycles. The molecule has 1 heterocycles. The van der Waals surface area contributed by atoms with Crippen molar-refractivity contribution in [3.8, 4) is 0 Å². The van der Waals surface area contributed by atoms with Gasteiger partial charge >= 0.3 is 5.97 Å². The quantitative estimate of drug-likeness (QED) is 0.499. The van der Waals surface area contributed by atoms with Crippen LogP contribution in [0.15, 0.2) is 48.7 Å². The zero-order valence-corrected chi connectivity index (χ0v) is 19.9. The summed E-state index contributed by atoms with van der Waals surface area (Å²) in [4.78, 5) is 39.1. The van der Waals surface area contributed by atoms with Gasteiger partial charge in [-0.05, 0) is 30.9 Å². The molecule has 2 rings (SSSR count). The van der Waals surface area contributed by atoms with Crippen molar-refractivity contribution in [3.05, 3.63) is 54.3 Å². The minimum absolute atomic E-state index is 0.251. The zero-order chi connectivity index (χ0) is 24.3. The number of nitrogens with one attached hydrogen (secondary N) is 2. The second kappa shape index (κ2) is 9.31. The van der Waals surface area contributed by atoms with Gasteiger partial charge < -0.3 is 20.1 Å². The summed E-state index contributed by atoms with van der Waals surface area (Å²) >= 11 is 0. The number of ether oxygens (including phenoxy) is 2. The highest BCUT2D eigenvalue weighted by molar-refractivity contribution is 5.95. The number of cyclic esters (lactones) is 1. The van der Waals surface area contributed by atoms with Crippen LogP contribution in [0.4, 0.5) is 0 Å². The van der Waals surface area contributed by atoms with Crippen LogP contribution < -0.4 is 10.6 Å². The van der Waals surface area contributed by atoms with E-state index in [4.69, 9.17) is 9.47 Å². The highest BCUT2D eigenvalue weighted by atomic mass is 16.8. The van der Waals surface area contributed by atoms with Gasteiger partial charge in [-0.25, -0.2) is 4.79 Å². The van der Waals surface area contributed by atoms with Gasteiger partial charge in [0.25, 0.3) is 0 Å². The van der Waals surface area contributed by atoms with Crippen LogP contribution in [0.3, 0.4) is 0 Å². The smallest absolute Gasteiger partial charge is 0.339 e. The van der Waals surface area contributed by atoms with E-state index in [2.05, 4.69) is 22.9 Å². The summed E-state index contributed by atoms with van der Waals surface area (Å²) in [6.45, 7) is 15.7. The Hall–Kier alpha value is -2.89. The van der Waals surface area contributed by atoms with E-state index >= 15 is 0 Å². The topological polar surface area (TPSA) is 93.7 Å². The molecule has 4 atom stereocenters. The molecule has 32 heavy (non-hydrogen) atoms. The largest absolute Gasteiger partial charge is 0.432 e. The molecular weight excluding hydrogens is 408 g/mol. The van der Waals surface area contributed by atoms with Crippen LogP contribution >= 0.6 is 0 Å². The van der Waals surface area contributed by atoms with Crippen molar-refractivity contribution < 1.29 is 23.9 Å². The Bertz CT molecular complexity index is 912. The molecule has 0 saturated carbocycles. The number of rotatable bonds is 7. The second-order valence-corrected chi connectivity index (χ2v) is 9.86. The summed E-state index contributed by atoms with van der Waals surface area (Å²) in [5, 5.41) is 5.79. The van der Waals surface area contributed by atoms with Gasteiger partial charge in [-0.3, -0.25) is 9.59 Å². The Morgan fingerprint density at radius 1 is 1.16 bits per heavy atom. The highest BCUT2D eigenvalue weighted by Gasteiger charge is 2.54. The van der Waals surface area contributed by atoms with Crippen molar-refractivity contribution in [3.63, 3.8) is 0 Å². The van der Waals surface area contributed by atoms with Crippen LogP contribution in [0.1, 0.15) is 60.1 Å². The molecule has 1 aliphatic rings. The van der Waals surface area contributed by atoms with E-state index in [9.17, 15) is 14.4 Å². The fourth-order valence-electron chi connectivity index (χ4n) is 3.58. The average Bonchev–Trinajstić information content (AvgIpc) is 2.98. The maximum atomic E-state index is 13.4. The Morgan fingerprint density at radius 2 is 1.75 bits per heavy atom. The number of esters is 1. The molecule has 1 aromatic rings. The molecule has 1 saturated heterocycles. The number of hydrogen-bond donors (Lipinski definition) is 2. The highest BCUT2D eigenvalue weighted by Crippen LogP contribution is 2.37. The lowest BCUT2D eigenvalue weighted by Crippen LogP contribution is -2.58. The van der Waals surface area contributed by atoms with E-state index in [0.717, 1.165) is 5.56 Å². The van der Waals surface area contributed by atoms with Gasteiger partial charge in [-0.15, -0.1) is 5.73 Å². The molecule has 1 aliphatic heterocycles. The lowest BCUT2D eigenvalue weighted by atomic mass is 9.80. The number of hydrogen-bond acceptors (Lipinski definition) is 5. The summed E-state index contributed by atoms with van der Waals surface area (Å²) in [6.07, 6.45) is 0.179. The first-order valence-electron chi connectivity index (χ1n) is 10.7. The fraction of sp³-hybridized carbons (Fsp3) is 0.520. The van der Waals surface area contributed by atoms with Crippen LogP contribution in [0.5, 0.6) is 0 Å². The number of amides is 2. The second-order valence-electron chi connectivity index (χ2n) is 9.86. The molecule has 0 bridgehead atoms. The Kier molecular flexibility index (Phi) is 7.38. The van der Waals surface area contributed by atoms with Crippen LogP contribution in [-0.4, -0.2) is 35.7 Å². The van der Waals surface area contributed by atoms with Crippen LogP contribution in [0, 0.1) is 10.8 Å². The molecule has 1 fully saturated rings. The molecule has 0 spiro atoms. The van der Waals surface area contributed by atoms with E-state index in [-0.39, 0.29) is 11.9 Å². The van der Waals surface area contributed by atoms with Crippen molar-refractivity contribution >= 4 is 17.8 Å². The van der Waals surface area contributed by atoms with Crippen LogP contribution in [-0.2, 0) is 23.9 Å². The van der Waals surface area contributed by atoms with Crippen molar-refractivity contribution in [1.29, 1.82) is 0 Å². The molecule has 2 amide bonds. The minimum atomic E-state index is -1.47. The first kappa shape index (κ1) is 25.4. The van der Waals surface area contributed by atoms with Crippen molar-refractivity contribution in [2.75, 3.05) is 0 Å². The minimum Gasteiger partial charge on any atom is -0.432 e. The predicted octanol–water partition coefficient (Wildman–Crippen LogP) is 3.42. The number of benzene rings is 1. The number of carbonyl (C=O) groups is 3. The summed E-state index contributed by atoms with van der Waals surface area (Å²) in [7, 11) is 0. The summed E-state index contributed by atoms with van der Waals surface area (Å²) in [6, 6.07) is 8.43. The summed E-state index contributed by atoms with van der Waals surface area (Å²) in [5.41, 5.74) is 1.46. The molecule has 2 N–H and O–H groups in total. The first-order valence-corrected chi connectivity index (χ1v) is 10.7. The van der Waals surface area contributed by atoms with Gasteiger partial charge in [0.2, 0.25) is 17.6 Å². The predicted molar refractivity (Wildman–Crippen MR) is 121 cm³/mol.